The Morgan fingerprint density at radius 1 is 1.16 bits per heavy atom. The minimum Gasteiger partial charge on any atom is -0.338 e. The smallest absolute Gasteiger partial charge is 0.241 e. The Morgan fingerprint density at radius 2 is 1.84 bits per heavy atom. The van der Waals surface area contributed by atoms with Gasteiger partial charge in [0.15, 0.2) is 0 Å². The summed E-state index contributed by atoms with van der Waals surface area (Å²) < 4.78 is 26.6. The number of aromatic nitrogens is 2. The van der Waals surface area contributed by atoms with Gasteiger partial charge in [0, 0.05) is 44.6 Å². The van der Waals surface area contributed by atoms with E-state index in [2.05, 4.69) is 20.2 Å². The number of halogens is 2. The molecule has 8 heteroatoms. The highest BCUT2D eigenvalue weighted by atomic mass is 19.1. The maximum Gasteiger partial charge on any atom is 0.241 e. The topological polar surface area (TPSA) is 61.4 Å². The molecule has 0 saturated carbocycles. The van der Waals surface area contributed by atoms with Crippen LogP contribution in [0.1, 0.15) is 6.92 Å². The number of anilines is 2. The van der Waals surface area contributed by atoms with Crippen LogP contribution in [0.2, 0.25) is 0 Å². The fourth-order valence-corrected chi connectivity index (χ4v) is 2.76. The van der Waals surface area contributed by atoms with Gasteiger partial charge >= 0.3 is 0 Å². The highest BCUT2D eigenvalue weighted by Crippen LogP contribution is 2.17. The molecule has 1 atom stereocenters. The van der Waals surface area contributed by atoms with Crippen molar-refractivity contribution in [2.45, 2.75) is 13.0 Å². The molecule has 1 saturated heterocycles. The van der Waals surface area contributed by atoms with Crippen LogP contribution in [0.3, 0.4) is 0 Å². The molecule has 1 N–H and O–H groups in total. The summed E-state index contributed by atoms with van der Waals surface area (Å²) in [6.45, 7) is 4.50. The zero-order valence-corrected chi connectivity index (χ0v) is 13.8. The van der Waals surface area contributed by atoms with Crippen LogP contribution < -0.4 is 10.2 Å². The lowest BCUT2D eigenvalue weighted by Gasteiger charge is -2.37. The van der Waals surface area contributed by atoms with E-state index in [4.69, 9.17) is 0 Å². The van der Waals surface area contributed by atoms with Crippen molar-refractivity contribution in [3.63, 3.8) is 0 Å². The van der Waals surface area contributed by atoms with Gasteiger partial charge in [-0.1, -0.05) is 0 Å². The molecular formula is C17H19F2N5O. The molecule has 0 spiro atoms. The molecule has 1 aromatic carbocycles. The molecule has 25 heavy (non-hydrogen) atoms. The third kappa shape index (κ3) is 4.08. The molecular weight excluding hydrogens is 328 g/mol. The van der Waals surface area contributed by atoms with E-state index in [9.17, 15) is 13.6 Å². The average Bonchev–Trinajstić information content (AvgIpc) is 2.64. The number of piperazine rings is 1. The number of benzene rings is 1. The van der Waals surface area contributed by atoms with Gasteiger partial charge in [-0.2, -0.15) is 0 Å². The van der Waals surface area contributed by atoms with E-state index in [0.29, 0.717) is 32.1 Å². The first kappa shape index (κ1) is 17.2. The number of nitrogens with zero attached hydrogens (tertiary/aromatic N) is 4. The van der Waals surface area contributed by atoms with Gasteiger partial charge in [0.05, 0.1) is 11.7 Å². The van der Waals surface area contributed by atoms with Gasteiger partial charge in [-0.3, -0.25) is 9.69 Å². The molecule has 0 unspecified atom stereocenters. The minimum absolute atomic E-state index is 0.0189. The monoisotopic (exact) mass is 347 g/mol. The van der Waals surface area contributed by atoms with Crippen molar-refractivity contribution < 1.29 is 13.6 Å². The number of rotatable bonds is 4. The van der Waals surface area contributed by atoms with Crippen LogP contribution in [0.5, 0.6) is 0 Å². The molecule has 2 heterocycles. The largest absolute Gasteiger partial charge is 0.338 e. The number of hydrogen-bond donors (Lipinski definition) is 1. The van der Waals surface area contributed by atoms with Gasteiger partial charge in [0.2, 0.25) is 11.9 Å². The van der Waals surface area contributed by atoms with Crippen LogP contribution in [0, 0.1) is 11.6 Å². The van der Waals surface area contributed by atoms with Crippen LogP contribution >= 0.6 is 0 Å². The summed E-state index contributed by atoms with van der Waals surface area (Å²) in [6, 6.07) is 4.42. The first-order chi connectivity index (χ1) is 12.0. The minimum atomic E-state index is -0.786. The van der Waals surface area contributed by atoms with Gasteiger partial charge < -0.3 is 10.2 Å². The Morgan fingerprint density at radius 3 is 2.48 bits per heavy atom. The molecule has 0 bridgehead atoms. The highest BCUT2D eigenvalue weighted by Gasteiger charge is 2.26. The maximum absolute atomic E-state index is 13.7. The molecule has 2 aromatic rings. The zero-order chi connectivity index (χ0) is 17.8. The van der Waals surface area contributed by atoms with E-state index in [1.165, 1.54) is 6.07 Å². The number of hydrogen-bond acceptors (Lipinski definition) is 5. The molecule has 0 aliphatic carbocycles. The van der Waals surface area contributed by atoms with Crippen LogP contribution in [-0.2, 0) is 4.79 Å². The van der Waals surface area contributed by atoms with Crippen molar-refractivity contribution in [2.75, 3.05) is 36.4 Å². The van der Waals surface area contributed by atoms with E-state index in [-0.39, 0.29) is 11.6 Å². The van der Waals surface area contributed by atoms with Crippen molar-refractivity contribution in [2.24, 2.45) is 0 Å². The van der Waals surface area contributed by atoms with Gasteiger partial charge in [0.25, 0.3) is 0 Å². The maximum atomic E-state index is 13.7. The first-order valence-corrected chi connectivity index (χ1v) is 8.06. The lowest BCUT2D eigenvalue weighted by atomic mass is 10.2. The van der Waals surface area contributed by atoms with Crippen molar-refractivity contribution in [1.29, 1.82) is 0 Å². The second-order valence-corrected chi connectivity index (χ2v) is 5.86. The molecule has 1 amide bonds. The zero-order valence-electron chi connectivity index (χ0n) is 13.8. The molecule has 3 rings (SSSR count). The summed E-state index contributed by atoms with van der Waals surface area (Å²) in [6.07, 6.45) is 3.39. The Labute approximate surface area is 144 Å². The number of carbonyl (C=O) groups excluding carboxylic acids is 1. The van der Waals surface area contributed by atoms with Gasteiger partial charge in [-0.05, 0) is 25.1 Å². The quantitative estimate of drug-likeness (QED) is 0.915. The average molecular weight is 347 g/mol. The number of nitrogens with one attached hydrogen (secondary N) is 1. The fourth-order valence-electron chi connectivity index (χ4n) is 2.76. The predicted octanol–water partition coefficient (Wildman–Crippen LogP) is 1.90. The molecule has 1 fully saturated rings. The Bertz CT molecular complexity index is 735. The first-order valence-electron chi connectivity index (χ1n) is 8.06. The van der Waals surface area contributed by atoms with Crippen LogP contribution in [-0.4, -0.2) is 53.0 Å². The fraction of sp³-hybridized carbons (Fsp3) is 0.353. The standard InChI is InChI=1S/C17H19F2N5O/c1-12(16(25)22-15-4-3-13(18)11-14(15)19)23-7-9-24(10-8-23)17-20-5-2-6-21-17/h2-6,11-12H,7-10H2,1H3,(H,22,25)/t12-/m0/s1. The Hall–Kier alpha value is -2.61. The van der Waals surface area contributed by atoms with E-state index in [1.807, 2.05) is 4.90 Å². The number of carbonyl (C=O) groups is 1. The lowest BCUT2D eigenvalue weighted by Crippen LogP contribution is -2.53. The van der Waals surface area contributed by atoms with E-state index in [0.717, 1.165) is 12.1 Å². The summed E-state index contributed by atoms with van der Waals surface area (Å²) in [4.78, 5) is 24.9. The Balaban J connectivity index is 1.56. The predicted molar refractivity (Wildman–Crippen MR) is 90.3 cm³/mol. The van der Waals surface area contributed by atoms with Crippen molar-refractivity contribution in [3.05, 3.63) is 48.3 Å². The molecule has 1 aliphatic rings. The van der Waals surface area contributed by atoms with Gasteiger partial charge in [-0.15, -0.1) is 0 Å². The normalized spacial score (nSPS) is 16.5. The third-order valence-electron chi connectivity index (χ3n) is 4.27. The summed E-state index contributed by atoms with van der Waals surface area (Å²) in [7, 11) is 0. The van der Waals surface area contributed by atoms with E-state index in [1.54, 1.807) is 25.4 Å². The van der Waals surface area contributed by atoms with E-state index < -0.39 is 17.7 Å². The van der Waals surface area contributed by atoms with Crippen molar-refractivity contribution in [3.8, 4) is 0 Å². The molecule has 0 radical (unpaired) electrons. The van der Waals surface area contributed by atoms with Crippen molar-refractivity contribution in [1.82, 2.24) is 14.9 Å². The lowest BCUT2D eigenvalue weighted by molar-refractivity contribution is -0.120. The molecule has 6 nitrogen and oxygen atoms in total. The van der Waals surface area contributed by atoms with Crippen LogP contribution in [0.15, 0.2) is 36.7 Å². The molecule has 132 valence electrons. The summed E-state index contributed by atoms with van der Waals surface area (Å²) >= 11 is 0. The third-order valence-corrected chi connectivity index (χ3v) is 4.27. The van der Waals surface area contributed by atoms with Crippen molar-refractivity contribution >= 4 is 17.5 Å². The molecule has 1 aliphatic heterocycles. The second kappa shape index (κ2) is 7.52. The van der Waals surface area contributed by atoms with Crippen LogP contribution in [0.25, 0.3) is 0 Å². The highest BCUT2D eigenvalue weighted by molar-refractivity contribution is 5.94. The molecule has 1 aromatic heterocycles. The Kier molecular flexibility index (Phi) is 5.18. The second-order valence-electron chi connectivity index (χ2n) is 5.86. The van der Waals surface area contributed by atoms with E-state index >= 15 is 0 Å². The summed E-state index contributed by atoms with van der Waals surface area (Å²) in [5, 5.41) is 2.52. The summed E-state index contributed by atoms with van der Waals surface area (Å²) in [5.74, 6) is -1.11. The van der Waals surface area contributed by atoms with Gasteiger partial charge in [0.1, 0.15) is 11.6 Å². The SMILES string of the molecule is C[C@@H](C(=O)Nc1ccc(F)cc1F)N1CCN(c2ncccn2)CC1. The number of amides is 1. The van der Waals surface area contributed by atoms with Crippen LogP contribution in [0.4, 0.5) is 20.4 Å². The summed E-state index contributed by atoms with van der Waals surface area (Å²) in [5.41, 5.74) is -0.0189. The van der Waals surface area contributed by atoms with Gasteiger partial charge in [-0.25, -0.2) is 18.7 Å².